The summed E-state index contributed by atoms with van der Waals surface area (Å²) in [4.78, 5) is 4.03. The summed E-state index contributed by atoms with van der Waals surface area (Å²) in [6.07, 6.45) is -0.588. The molecule has 0 saturated carbocycles. The fourth-order valence-corrected chi connectivity index (χ4v) is 2.85. The smallest absolute Gasteiger partial charge is 0.217 e. The molecule has 1 aromatic heterocycles. The van der Waals surface area contributed by atoms with Gasteiger partial charge < -0.3 is 5.11 Å². The number of rotatable bonds is 1. The number of aliphatic hydroxyl groups is 1. The molecule has 0 spiro atoms. The molecule has 0 saturated heterocycles. The molecule has 0 bridgehead atoms. The van der Waals surface area contributed by atoms with Crippen LogP contribution in [-0.2, 0) is 0 Å². The molecule has 1 aliphatic rings. The van der Waals surface area contributed by atoms with E-state index in [4.69, 9.17) is 0 Å². The van der Waals surface area contributed by atoms with Crippen molar-refractivity contribution in [1.29, 1.82) is 0 Å². The van der Waals surface area contributed by atoms with E-state index in [2.05, 4.69) is 26.0 Å². The van der Waals surface area contributed by atoms with Gasteiger partial charge in [0.1, 0.15) is 6.10 Å². The Labute approximate surface area is 116 Å². The van der Waals surface area contributed by atoms with Crippen LogP contribution in [0.2, 0.25) is 0 Å². The maximum atomic E-state index is 14.0. The monoisotopic (exact) mass is 329 g/mol. The fraction of sp³-hybridized carbons (Fsp3) is 0.333. The minimum absolute atomic E-state index is 0.218. The summed E-state index contributed by atoms with van der Waals surface area (Å²) in [6, 6.07) is 2.07. The number of aryl methyl sites for hydroxylation is 1. The minimum atomic E-state index is -0.900. The van der Waals surface area contributed by atoms with Gasteiger partial charge in [-0.25, -0.2) is 18.4 Å². The van der Waals surface area contributed by atoms with Gasteiger partial charge in [0, 0.05) is 12.0 Å². The van der Waals surface area contributed by atoms with Crippen molar-refractivity contribution in [2.45, 2.75) is 25.5 Å². The topological polar surface area (TPSA) is 50.9 Å². The number of aromatic nitrogens is 3. The summed E-state index contributed by atoms with van der Waals surface area (Å²) in [6.45, 7) is 1.70. The van der Waals surface area contributed by atoms with E-state index in [0.29, 0.717) is 16.1 Å². The highest BCUT2D eigenvalue weighted by molar-refractivity contribution is 9.10. The van der Waals surface area contributed by atoms with Gasteiger partial charge in [-0.15, -0.1) is 5.10 Å². The summed E-state index contributed by atoms with van der Waals surface area (Å²) in [7, 11) is 0. The number of hydrogen-bond acceptors (Lipinski definition) is 3. The van der Waals surface area contributed by atoms with Crippen LogP contribution in [0.5, 0.6) is 0 Å². The van der Waals surface area contributed by atoms with Gasteiger partial charge in [-0.1, -0.05) is 6.07 Å². The molecule has 1 aromatic carbocycles. The fourth-order valence-electron chi connectivity index (χ4n) is 2.49. The van der Waals surface area contributed by atoms with E-state index in [1.807, 2.05) is 0 Å². The Morgan fingerprint density at radius 2 is 2.16 bits per heavy atom. The number of aliphatic hydroxyl groups excluding tert-OH is 1. The number of benzene rings is 1. The van der Waals surface area contributed by atoms with Crippen molar-refractivity contribution < 1.29 is 13.9 Å². The second-order valence-corrected chi connectivity index (χ2v) is 5.25. The van der Waals surface area contributed by atoms with Crippen molar-refractivity contribution in [1.82, 2.24) is 14.8 Å². The average Bonchev–Trinajstić information content (AvgIpc) is 2.86. The minimum Gasteiger partial charge on any atom is -0.385 e. The molecule has 0 aliphatic carbocycles. The Morgan fingerprint density at radius 1 is 1.42 bits per heavy atom. The molecule has 1 aliphatic heterocycles. The first kappa shape index (κ1) is 12.7. The van der Waals surface area contributed by atoms with Crippen LogP contribution in [0.15, 0.2) is 16.9 Å². The normalized spacial score (nSPS) is 21.7. The van der Waals surface area contributed by atoms with E-state index in [-0.39, 0.29) is 12.0 Å². The second kappa shape index (κ2) is 4.35. The molecule has 4 nitrogen and oxygen atoms in total. The van der Waals surface area contributed by atoms with Crippen LogP contribution >= 0.6 is 15.9 Å². The van der Waals surface area contributed by atoms with Gasteiger partial charge in [0.25, 0.3) is 0 Å². The van der Waals surface area contributed by atoms with Crippen LogP contribution in [0, 0.1) is 18.6 Å². The first-order valence-electron chi connectivity index (χ1n) is 5.73. The SMILES string of the molecule is Cc1ccc(F)c(F)c1C1CC(O)c2nc(Br)nn21. The highest BCUT2D eigenvalue weighted by Crippen LogP contribution is 2.40. The molecular formula is C12H10BrF2N3O. The highest BCUT2D eigenvalue weighted by atomic mass is 79.9. The standard InChI is InChI=1S/C12H10BrF2N3O/c1-5-2-3-6(14)10(15)9(5)7-4-8(19)11-16-12(13)17-18(7)11/h2-3,7-8,19H,4H2,1H3. The zero-order chi connectivity index (χ0) is 13.7. The summed E-state index contributed by atoms with van der Waals surface area (Å²) < 4.78 is 29.2. The number of hydrogen-bond donors (Lipinski definition) is 1. The predicted molar refractivity (Wildman–Crippen MR) is 66.5 cm³/mol. The third-order valence-corrected chi connectivity index (χ3v) is 3.69. The first-order valence-corrected chi connectivity index (χ1v) is 6.53. The molecule has 100 valence electrons. The van der Waals surface area contributed by atoms with Crippen molar-refractivity contribution >= 4 is 15.9 Å². The number of nitrogens with zero attached hydrogens (tertiary/aromatic N) is 3. The zero-order valence-corrected chi connectivity index (χ0v) is 11.5. The van der Waals surface area contributed by atoms with E-state index in [1.54, 1.807) is 6.92 Å². The molecular weight excluding hydrogens is 320 g/mol. The molecule has 2 aromatic rings. The molecule has 0 amide bonds. The predicted octanol–water partition coefficient (Wildman–Crippen LogP) is 2.65. The molecule has 2 atom stereocenters. The lowest BCUT2D eigenvalue weighted by atomic mass is 9.98. The van der Waals surface area contributed by atoms with Gasteiger partial charge in [0.2, 0.25) is 4.73 Å². The van der Waals surface area contributed by atoms with Gasteiger partial charge in [0.15, 0.2) is 17.5 Å². The second-order valence-electron chi connectivity index (χ2n) is 4.54. The summed E-state index contributed by atoms with van der Waals surface area (Å²) in [5, 5.41) is 14.0. The lowest BCUT2D eigenvalue weighted by molar-refractivity contribution is 0.171. The molecule has 7 heteroatoms. The molecule has 3 rings (SSSR count). The maximum absolute atomic E-state index is 14.0. The molecule has 19 heavy (non-hydrogen) atoms. The Morgan fingerprint density at radius 3 is 2.89 bits per heavy atom. The van der Waals surface area contributed by atoms with Crippen molar-refractivity contribution in [3.05, 3.63) is 45.5 Å². The van der Waals surface area contributed by atoms with Crippen molar-refractivity contribution in [3.8, 4) is 0 Å². The summed E-state index contributed by atoms with van der Waals surface area (Å²) in [5.41, 5.74) is 0.839. The molecule has 0 fully saturated rings. The lowest BCUT2D eigenvalue weighted by Gasteiger charge is -2.16. The molecule has 0 radical (unpaired) electrons. The van der Waals surface area contributed by atoms with Crippen LogP contribution in [-0.4, -0.2) is 19.9 Å². The Bertz CT molecular complexity index is 659. The van der Waals surface area contributed by atoms with Crippen LogP contribution < -0.4 is 0 Å². The third kappa shape index (κ3) is 1.88. The molecule has 2 heterocycles. The van der Waals surface area contributed by atoms with Gasteiger partial charge in [-0.3, -0.25) is 0 Å². The maximum Gasteiger partial charge on any atom is 0.217 e. The van der Waals surface area contributed by atoms with E-state index >= 15 is 0 Å². The van der Waals surface area contributed by atoms with Crippen LogP contribution in [0.3, 0.4) is 0 Å². The van der Waals surface area contributed by atoms with Gasteiger partial charge in [-0.05, 0) is 34.5 Å². The van der Waals surface area contributed by atoms with Crippen LogP contribution in [0.1, 0.15) is 35.5 Å². The Kier molecular flexibility index (Phi) is 2.90. The highest BCUT2D eigenvalue weighted by Gasteiger charge is 2.36. The van der Waals surface area contributed by atoms with Gasteiger partial charge in [-0.2, -0.15) is 0 Å². The first-order chi connectivity index (χ1) is 8.99. The zero-order valence-electron chi connectivity index (χ0n) is 9.94. The van der Waals surface area contributed by atoms with Crippen molar-refractivity contribution in [2.75, 3.05) is 0 Å². The number of fused-ring (bicyclic) bond motifs is 1. The van der Waals surface area contributed by atoms with Crippen molar-refractivity contribution in [2.24, 2.45) is 0 Å². The summed E-state index contributed by atoms with van der Waals surface area (Å²) >= 11 is 3.11. The van der Waals surface area contributed by atoms with E-state index < -0.39 is 23.8 Å². The van der Waals surface area contributed by atoms with Gasteiger partial charge >= 0.3 is 0 Å². The largest absolute Gasteiger partial charge is 0.385 e. The lowest BCUT2D eigenvalue weighted by Crippen LogP contribution is -2.12. The van der Waals surface area contributed by atoms with Gasteiger partial charge in [0.05, 0.1) is 6.04 Å². The van der Waals surface area contributed by atoms with E-state index in [9.17, 15) is 13.9 Å². The van der Waals surface area contributed by atoms with Crippen molar-refractivity contribution in [3.63, 3.8) is 0 Å². The summed E-state index contributed by atoms with van der Waals surface area (Å²) in [5.74, 6) is -1.43. The van der Waals surface area contributed by atoms with E-state index in [1.165, 1.54) is 10.7 Å². The van der Waals surface area contributed by atoms with E-state index in [0.717, 1.165) is 6.07 Å². The van der Waals surface area contributed by atoms with Crippen LogP contribution in [0.25, 0.3) is 0 Å². The average molecular weight is 330 g/mol. The quantitative estimate of drug-likeness (QED) is 0.875. The van der Waals surface area contributed by atoms with Crippen LogP contribution in [0.4, 0.5) is 8.78 Å². The number of halogens is 3. The Balaban J connectivity index is 2.17. The molecule has 1 N–H and O–H groups in total. The molecule has 2 unspecified atom stereocenters. The Hall–Kier alpha value is -1.34. The third-order valence-electron chi connectivity index (χ3n) is 3.36.